The van der Waals surface area contributed by atoms with Crippen molar-refractivity contribution in [1.82, 2.24) is 24.6 Å². The van der Waals surface area contributed by atoms with Gasteiger partial charge in [-0.3, -0.25) is 4.57 Å². The van der Waals surface area contributed by atoms with Crippen LogP contribution in [0.2, 0.25) is 0 Å². The van der Waals surface area contributed by atoms with Crippen LogP contribution >= 0.6 is 0 Å². The molecule has 0 amide bonds. The van der Waals surface area contributed by atoms with Crippen molar-refractivity contribution >= 4 is 17.0 Å². The largest absolute Gasteiger partial charge is 0.382 e. The molecular weight excluding hydrogens is 316 g/mol. The molecule has 4 atom stereocenters. The number of aromatic nitrogens is 4. The third-order valence-electron chi connectivity index (χ3n) is 4.23. The molecule has 0 spiro atoms. The lowest BCUT2D eigenvalue weighted by molar-refractivity contribution is -0.205. The van der Waals surface area contributed by atoms with Crippen LogP contribution in [0, 0.1) is 0 Å². The van der Waals surface area contributed by atoms with Crippen LogP contribution in [0.4, 0.5) is 5.82 Å². The minimum absolute atomic E-state index is 0.293. The van der Waals surface area contributed by atoms with E-state index in [0.29, 0.717) is 23.5 Å². The fourth-order valence-corrected chi connectivity index (χ4v) is 3.35. The monoisotopic (exact) mass is 336 g/mol. The van der Waals surface area contributed by atoms with E-state index < -0.39 is 12.0 Å². The zero-order valence-corrected chi connectivity index (χ0v) is 13.7. The number of hydrogen-bond acceptors (Lipinski definition) is 9. The first-order valence-electron chi connectivity index (χ1n) is 7.70. The Morgan fingerprint density at radius 3 is 2.79 bits per heavy atom. The Morgan fingerprint density at radius 2 is 2.04 bits per heavy atom. The van der Waals surface area contributed by atoms with Crippen LogP contribution in [0.1, 0.15) is 20.1 Å². The second-order valence-corrected chi connectivity index (χ2v) is 6.55. The standard InChI is InChI=1S/C14H20N6O4/c1-14(2)23-9-7(4-19(3)21)22-13(10(9)24-14)20-6-18-8-11(15)16-5-17-12(8)20/h5-7,9-10,13,21H,4H2,1-3H3,(H2,15,16,17)/t7?,9-,10-,13?/m1/s1. The SMILES string of the molecule is CN(O)CC1OC(n2cnc3c(N)ncnc32)[C@@H]2OC(C)(C)O[C@H]12. The predicted molar refractivity (Wildman–Crippen MR) is 81.9 cm³/mol. The highest BCUT2D eigenvalue weighted by Gasteiger charge is 2.56. The maximum atomic E-state index is 9.59. The van der Waals surface area contributed by atoms with E-state index in [1.165, 1.54) is 6.33 Å². The predicted octanol–water partition coefficient (Wildman–Crippen LogP) is 0.147. The van der Waals surface area contributed by atoms with Crippen molar-refractivity contribution in [2.75, 3.05) is 19.3 Å². The summed E-state index contributed by atoms with van der Waals surface area (Å²) in [7, 11) is 1.56. The number of rotatable bonds is 3. The molecule has 2 unspecified atom stereocenters. The third kappa shape index (κ3) is 2.43. The molecule has 4 heterocycles. The number of nitrogens with zero attached hydrogens (tertiary/aromatic N) is 5. The smallest absolute Gasteiger partial charge is 0.167 e. The van der Waals surface area contributed by atoms with Gasteiger partial charge in [0.2, 0.25) is 0 Å². The highest BCUT2D eigenvalue weighted by molar-refractivity contribution is 5.81. The zero-order valence-electron chi connectivity index (χ0n) is 13.7. The highest BCUT2D eigenvalue weighted by Crippen LogP contribution is 2.43. The number of hydroxylamine groups is 2. The van der Waals surface area contributed by atoms with Crippen LogP contribution in [-0.2, 0) is 14.2 Å². The van der Waals surface area contributed by atoms with E-state index in [-0.39, 0.29) is 18.3 Å². The summed E-state index contributed by atoms with van der Waals surface area (Å²) < 4.78 is 19.9. The zero-order chi connectivity index (χ0) is 17.1. The van der Waals surface area contributed by atoms with Crippen LogP contribution in [-0.4, -0.2) is 67.5 Å². The molecule has 2 saturated heterocycles. The van der Waals surface area contributed by atoms with Gasteiger partial charge in [0, 0.05) is 7.05 Å². The van der Waals surface area contributed by atoms with Gasteiger partial charge in [-0.25, -0.2) is 15.0 Å². The van der Waals surface area contributed by atoms with Crippen LogP contribution < -0.4 is 5.73 Å². The van der Waals surface area contributed by atoms with Gasteiger partial charge in [0.1, 0.15) is 30.2 Å². The number of anilines is 1. The molecule has 2 aliphatic rings. The van der Waals surface area contributed by atoms with Crippen molar-refractivity contribution < 1.29 is 19.4 Å². The number of ether oxygens (including phenoxy) is 3. The number of likely N-dealkylation sites (N-methyl/N-ethyl adjacent to an activating group) is 1. The van der Waals surface area contributed by atoms with Crippen LogP contribution in [0.25, 0.3) is 11.2 Å². The van der Waals surface area contributed by atoms with Gasteiger partial charge in [0.25, 0.3) is 0 Å². The lowest BCUT2D eigenvalue weighted by Crippen LogP contribution is -2.37. The quantitative estimate of drug-likeness (QED) is 0.754. The minimum atomic E-state index is -0.728. The number of nitrogens with two attached hydrogens (primary N) is 1. The van der Waals surface area contributed by atoms with E-state index in [1.54, 1.807) is 17.9 Å². The summed E-state index contributed by atoms with van der Waals surface area (Å²) in [5, 5.41) is 10.7. The molecule has 10 nitrogen and oxygen atoms in total. The number of fused-ring (bicyclic) bond motifs is 2. The summed E-state index contributed by atoms with van der Waals surface area (Å²) in [6, 6.07) is 0. The Balaban J connectivity index is 1.72. The lowest BCUT2D eigenvalue weighted by Gasteiger charge is -2.25. The summed E-state index contributed by atoms with van der Waals surface area (Å²) in [4.78, 5) is 12.5. The van der Waals surface area contributed by atoms with Crippen molar-refractivity contribution in [3.05, 3.63) is 12.7 Å². The number of imidazole rings is 1. The summed E-state index contributed by atoms with van der Waals surface area (Å²) >= 11 is 0. The van der Waals surface area contributed by atoms with Gasteiger partial charge in [-0.1, -0.05) is 0 Å². The molecule has 130 valence electrons. The Kier molecular flexibility index (Phi) is 3.48. The van der Waals surface area contributed by atoms with E-state index >= 15 is 0 Å². The molecule has 2 aromatic rings. The van der Waals surface area contributed by atoms with E-state index in [1.807, 2.05) is 13.8 Å². The van der Waals surface area contributed by atoms with Crippen molar-refractivity contribution in [2.45, 2.75) is 44.2 Å². The summed E-state index contributed by atoms with van der Waals surface area (Å²) in [5.74, 6) is -0.419. The van der Waals surface area contributed by atoms with Crippen molar-refractivity contribution in [2.24, 2.45) is 0 Å². The summed E-state index contributed by atoms with van der Waals surface area (Å²) in [6.07, 6.45) is 1.50. The molecule has 0 saturated carbocycles. The van der Waals surface area contributed by atoms with Crippen LogP contribution in [0.15, 0.2) is 12.7 Å². The molecule has 0 bridgehead atoms. The molecule has 2 fully saturated rings. The van der Waals surface area contributed by atoms with E-state index in [9.17, 15) is 5.21 Å². The van der Waals surface area contributed by atoms with Crippen molar-refractivity contribution in [3.8, 4) is 0 Å². The molecule has 0 aromatic carbocycles. The number of nitrogen functional groups attached to an aromatic ring is 1. The molecule has 3 N–H and O–H groups in total. The molecule has 2 aliphatic heterocycles. The molecule has 2 aromatic heterocycles. The van der Waals surface area contributed by atoms with Gasteiger partial charge in [-0.15, -0.1) is 0 Å². The first kappa shape index (κ1) is 15.7. The van der Waals surface area contributed by atoms with Gasteiger partial charge in [0.05, 0.1) is 12.9 Å². The molecular formula is C14H20N6O4. The molecule has 10 heteroatoms. The Bertz CT molecular complexity index is 763. The second-order valence-electron chi connectivity index (χ2n) is 6.55. The van der Waals surface area contributed by atoms with E-state index in [0.717, 1.165) is 5.06 Å². The van der Waals surface area contributed by atoms with E-state index in [4.69, 9.17) is 19.9 Å². The Morgan fingerprint density at radius 1 is 1.29 bits per heavy atom. The first-order chi connectivity index (χ1) is 11.4. The lowest BCUT2D eigenvalue weighted by atomic mass is 10.1. The minimum Gasteiger partial charge on any atom is -0.382 e. The van der Waals surface area contributed by atoms with Gasteiger partial charge in [-0.2, -0.15) is 5.06 Å². The average molecular weight is 336 g/mol. The first-order valence-corrected chi connectivity index (χ1v) is 7.70. The maximum Gasteiger partial charge on any atom is 0.167 e. The third-order valence-corrected chi connectivity index (χ3v) is 4.23. The van der Waals surface area contributed by atoms with Crippen molar-refractivity contribution in [3.63, 3.8) is 0 Å². The highest BCUT2D eigenvalue weighted by atomic mass is 16.8. The van der Waals surface area contributed by atoms with Gasteiger partial charge >= 0.3 is 0 Å². The Labute approximate surface area is 138 Å². The maximum absolute atomic E-state index is 9.59. The normalized spacial score (nSPS) is 31.9. The van der Waals surface area contributed by atoms with Crippen LogP contribution in [0.5, 0.6) is 0 Å². The fraction of sp³-hybridized carbons (Fsp3) is 0.643. The van der Waals surface area contributed by atoms with E-state index in [2.05, 4.69) is 15.0 Å². The molecule has 0 radical (unpaired) electrons. The fourth-order valence-electron chi connectivity index (χ4n) is 3.35. The summed E-state index contributed by atoms with van der Waals surface area (Å²) in [6.45, 7) is 4.00. The Hall–Kier alpha value is -1.85. The second kappa shape index (κ2) is 5.33. The van der Waals surface area contributed by atoms with Gasteiger partial charge in [0.15, 0.2) is 23.5 Å². The number of hydrogen-bond donors (Lipinski definition) is 2. The van der Waals surface area contributed by atoms with Gasteiger partial charge < -0.3 is 25.2 Å². The topological polar surface area (TPSA) is 121 Å². The molecule has 24 heavy (non-hydrogen) atoms. The molecule has 4 rings (SSSR count). The van der Waals surface area contributed by atoms with Gasteiger partial charge in [-0.05, 0) is 13.8 Å². The van der Waals surface area contributed by atoms with Crippen LogP contribution in [0.3, 0.4) is 0 Å². The average Bonchev–Trinajstić information content (AvgIpc) is 3.12. The van der Waals surface area contributed by atoms with Crippen molar-refractivity contribution in [1.29, 1.82) is 0 Å². The molecule has 0 aliphatic carbocycles. The summed E-state index contributed by atoms with van der Waals surface area (Å²) in [5.41, 5.74) is 6.93.